The Morgan fingerprint density at radius 2 is 1.69 bits per heavy atom. The van der Waals surface area contributed by atoms with Crippen LogP contribution in [-0.2, 0) is 35.2 Å². The quantitative estimate of drug-likeness (QED) is 0.324. The SMILES string of the molecule is Cc1cccc(C[C@H](NC(=O)Nc2ccc3c(c2)OCO3)C(=O)N[C@H]2CC3C(=O)[C@]34C[C@@H](C)CN4C(=O)[C@H](C)NC(=O)[C@@H]3CN(C)CCN3C(=O)[C@@H]3CCCN3C2=O)c1. The molecule has 17 nitrogen and oxygen atoms in total. The van der Waals surface area contributed by atoms with Crippen LogP contribution in [0.5, 0.6) is 11.5 Å². The molecule has 4 saturated heterocycles. The first kappa shape index (κ1) is 40.1. The normalized spacial score (nSPS) is 30.0. The number of benzene rings is 2. The highest BCUT2D eigenvalue weighted by Gasteiger charge is 2.72. The van der Waals surface area contributed by atoms with E-state index in [1.807, 2.05) is 50.1 Å². The highest BCUT2D eigenvalue weighted by molar-refractivity contribution is 6.12. The standard InChI is InChI=1S/C42H52N8O9/c1-23-7-5-8-26(15-23)16-29(46-41(57)44-27-10-11-33-34(17-27)59-22-58-33)36(52)45-30-18-28-35(51)42(28)19-24(2)20-50(42)38(54)25(3)43-37(53)32-21-47(4)13-14-49(32)40(56)31-9-6-12-48(31)39(30)55/h5,7-8,10-11,15,17,24-25,28-32H,6,9,12-14,16,18-22H2,1-4H3,(H,43,53)(H,45,52)(H2,44,46,57)/t24-,25+,28?,29+,30+,31+,32+,42+/m1/s1. The number of fused-ring (bicyclic) bond motifs is 3. The van der Waals surface area contributed by atoms with Gasteiger partial charge in [0.1, 0.15) is 35.7 Å². The second-order valence-corrected chi connectivity index (χ2v) is 17.0. The van der Waals surface area contributed by atoms with Crippen LogP contribution in [0.3, 0.4) is 0 Å². The number of urea groups is 1. The number of likely N-dealkylation sites (N-methyl/N-ethyl adjacent to an activating group) is 1. The van der Waals surface area contributed by atoms with Gasteiger partial charge in [-0.3, -0.25) is 28.8 Å². The van der Waals surface area contributed by atoms with E-state index in [1.165, 1.54) is 9.80 Å². The van der Waals surface area contributed by atoms with Crippen molar-refractivity contribution in [1.82, 2.24) is 35.6 Å². The number of carbonyl (C=O) groups is 7. The van der Waals surface area contributed by atoms with Gasteiger partial charge in [-0.15, -0.1) is 0 Å². The zero-order valence-corrected chi connectivity index (χ0v) is 33.8. The predicted octanol–water partition coefficient (Wildman–Crippen LogP) is 0.789. The maximum absolute atomic E-state index is 14.9. The number of ether oxygens (including phenoxy) is 2. The average molecular weight is 813 g/mol. The number of piperazine rings is 1. The van der Waals surface area contributed by atoms with E-state index < -0.39 is 71.3 Å². The second-order valence-electron chi connectivity index (χ2n) is 17.0. The van der Waals surface area contributed by atoms with Gasteiger partial charge in [-0.05, 0) is 70.2 Å². The van der Waals surface area contributed by atoms with Crippen LogP contribution in [0.2, 0.25) is 0 Å². The summed E-state index contributed by atoms with van der Waals surface area (Å²) in [5.74, 6) is -2.50. The molecule has 6 aliphatic rings. The summed E-state index contributed by atoms with van der Waals surface area (Å²) in [6.07, 6.45) is 1.21. The van der Waals surface area contributed by atoms with Gasteiger partial charge >= 0.3 is 6.03 Å². The molecule has 0 radical (unpaired) electrons. The molecule has 5 fully saturated rings. The molecule has 1 saturated carbocycles. The van der Waals surface area contributed by atoms with Crippen LogP contribution in [0.1, 0.15) is 50.7 Å². The molecule has 8 atom stereocenters. The Kier molecular flexibility index (Phi) is 10.7. The first-order valence-corrected chi connectivity index (χ1v) is 20.5. The molecule has 2 aromatic rings. The molecule has 5 heterocycles. The molecule has 17 heteroatoms. The van der Waals surface area contributed by atoms with Gasteiger partial charge in [0.2, 0.25) is 36.3 Å². The minimum absolute atomic E-state index is 0.0346. The first-order chi connectivity index (χ1) is 28.2. The Hall–Kier alpha value is -5.71. The number of anilines is 1. The van der Waals surface area contributed by atoms with Crippen LogP contribution in [0.25, 0.3) is 0 Å². The minimum atomic E-state index is -1.28. The van der Waals surface area contributed by atoms with Crippen LogP contribution in [0, 0.1) is 18.8 Å². The third-order valence-corrected chi connectivity index (χ3v) is 12.7. The average Bonchev–Trinajstić information content (AvgIpc) is 3.75. The highest BCUT2D eigenvalue weighted by atomic mass is 16.7. The summed E-state index contributed by atoms with van der Waals surface area (Å²) >= 11 is 0. The highest BCUT2D eigenvalue weighted by Crippen LogP contribution is 2.55. The molecular weight excluding hydrogens is 761 g/mol. The molecular formula is C42H52N8O9. The molecule has 4 N–H and O–H groups in total. The summed E-state index contributed by atoms with van der Waals surface area (Å²) in [5.41, 5.74) is 0.917. The summed E-state index contributed by atoms with van der Waals surface area (Å²) < 4.78 is 10.8. The second kappa shape index (κ2) is 15.8. The van der Waals surface area contributed by atoms with Crippen molar-refractivity contribution in [2.24, 2.45) is 11.8 Å². The maximum atomic E-state index is 14.9. The van der Waals surface area contributed by atoms with Crippen LogP contribution in [-0.4, -0.2) is 143 Å². The van der Waals surface area contributed by atoms with Gasteiger partial charge in [-0.25, -0.2) is 4.79 Å². The number of nitrogens with one attached hydrogen (secondary N) is 4. The van der Waals surface area contributed by atoms with Crippen LogP contribution >= 0.6 is 0 Å². The van der Waals surface area contributed by atoms with Crippen LogP contribution in [0.4, 0.5) is 10.5 Å². The third-order valence-electron chi connectivity index (χ3n) is 12.7. The molecule has 0 bridgehead atoms. The number of carbonyl (C=O) groups excluding carboxylic acids is 7. The fourth-order valence-corrected chi connectivity index (χ4v) is 9.74. The van der Waals surface area contributed by atoms with Gasteiger partial charge < -0.3 is 50.3 Å². The van der Waals surface area contributed by atoms with E-state index in [0.29, 0.717) is 43.0 Å². The zero-order valence-electron chi connectivity index (χ0n) is 33.8. The fourth-order valence-electron chi connectivity index (χ4n) is 9.74. The summed E-state index contributed by atoms with van der Waals surface area (Å²) in [6, 6.07) is 6.50. The Morgan fingerprint density at radius 1 is 0.915 bits per heavy atom. The Bertz CT molecular complexity index is 2080. The molecule has 314 valence electrons. The smallest absolute Gasteiger partial charge is 0.319 e. The minimum Gasteiger partial charge on any atom is -0.454 e. The van der Waals surface area contributed by atoms with E-state index in [-0.39, 0.29) is 63.4 Å². The molecule has 5 aliphatic heterocycles. The van der Waals surface area contributed by atoms with E-state index in [1.54, 1.807) is 30.0 Å². The van der Waals surface area contributed by atoms with Gasteiger partial charge in [0.15, 0.2) is 17.3 Å². The number of hydrogen-bond acceptors (Lipinski definition) is 10. The lowest BCUT2D eigenvalue weighted by atomic mass is 9.98. The van der Waals surface area contributed by atoms with E-state index in [9.17, 15) is 33.6 Å². The lowest BCUT2D eigenvalue weighted by Gasteiger charge is -2.41. The van der Waals surface area contributed by atoms with Crippen molar-refractivity contribution in [3.63, 3.8) is 0 Å². The van der Waals surface area contributed by atoms with Gasteiger partial charge in [0.25, 0.3) is 0 Å². The summed E-state index contributed by atoms with van der Waals surface area (Å²) in [6.45, 7) is 7.04. The summed E-state index contributed by atoms with van der Waals surface area (Å²) in [5, 5.41) is 11.3. The van der Waals surface area contributed by atoms with Crippen LogP contribution in [0.15, 0.2) is 42.5 Å². The van der Waals surface area contributed by atoms with E-state index >= 15 is 0 Å². The zero-order chi connectivity index (χ0) is 41.7. The molecule has 0 aromatic heterocycles. The monoisotopic (exact) mass is 812 g/mol. The number of ketones is 1. The maximum Gasteiger partial charge on any atom is 0.319 e. The van der Waals surface area contributed by atoms with E-state index in [4.69, 9.17) is 9.47 Å². The van der Waals surface area contributed by atoms with E-state index in [0.717, 1.165) is 11.1 Å². The predicted molar refractivity (Wildman–Crippen MR) is 212 cm³/mol. The Morgan fingerprint density at radius 3 is 2.49 bits per heavy atom. The Balaban J connectivity index is 1.11. The fraction of sp³-hybridized carbons (Fsp3) is 0.548. The van der Waals surface area contributed by atoms with Crippen molar-refractivity contribution >= 4 is 47.0 Å². The van der Waals surface area contributed by atoms with Crippen molar-refractivity contribution < 1.29 is 43.0 Å². The van der Waals surface area contributed by atoms with Gasteiger partial charge in [-0.2, -0.15) is 0 Å². The lowest BCUT2D eigenvalue weighted by molar-refractivity contribution is -0.152. The third kappa shape index (κ3) is 7.67. The molecule has 1 spiro atoms. The number of rotatable bonds is 6. The molecule has 2 aromatic carbocycles. The molecule has 1 aliphatic carbocycles. The van der Waals surface area contributed by atoms with Gasteiger partial charge in [0.05, 0.1) is 5.92 Å². The number of aryl methyl sites for hydroxylation is 1. The van der Waals surface area contributed by atoms with Gasteiger partial charge in [0, 0.05) is 50.9 Å². The van der Waals surface area contributed by atoms with Crippen molar-refractivity contribution in [3.05, 3.63) is 53.6 Å². The lowest BCUT2D eigenvalue weighted by Crippen LogP contribution is -2.64. The Labute approximate surface area is 342 Å². The number of amides is 7. The van der Waals surface area contributed by atoms with Crippen molar-refractivity contribution in [2.45, 2.75) is 88.6 Å². The largest absolute Gasteiger partial charge is 0.454 e. The number of nitrogens with zero attached hydrogens (tertiary/aromatic N) is 4. The topological polar surface area (TPSA) is 199 Å². The first-order valence-electron chi connectivity index (χ1n) is 20.5. The number of hydrogen-bond donors (Lipinski definition) is 4. The van der Waals surface area contributed by atoms with Crippen molar-refractivity contribution in [3.8, 4) is 11.5 Å². The summed E-state index contributed by atoms with van der Waals surface area (Å²) in [7, 11) is 1.86. The molecule has 8 rings (SSSR count). The van der Waals surface area contributed by atoms with Crippen molar-refractivity contribution in [1.29, 1.82) is 0 Å². The van der Waals surface area contributed by atoms with Crippen LogP contribution < -0.4 is 30.7 Å². The van der Waals surface area contributed by atoms with Crippen molar-refractivity contribution in [2.75, 3.05) is 51.9 Å². The van der Waals surface area contributed by atoms with E-state index in [2.05, 4.69) is 21.3 Å². The molecule has 1 unspecified atom stereocenters. The summed E-state index contributed by atoms with van der Waals surface area (Å²) in [4.78, 5) is 106. The number of Topliss-reactive ketones (excluding diaryl/α,β-unsaturated/α-hetero) is 1. The molecule has 7 amide bonds. The molecule has 59 heavy (non-hydrogen) atoms. The van der Waals surface area contributed by atoms with Gasteiger partial charge in [-0.1, -0.05) is 36.8 Å².